The Balaban J connectivity index is 1.25. The smallest absolute Gasteiger partial charge is 0.335 e. The number of amides is 2. The lowest BCUT2D eigenvalue weighted by Gasteiger charge is -2.34. The van der Waals surface area contributed by atoms with Crippen LogP contribution in [-0.4, -0.2) is 72.9 Å². The van der Waals surface area contributed by atoms with E-state index >= 15 is 0 Å². The van der Waals surface area contributed by atoms with Crippen molar-refractivity contribution in [3.63, 3.8) is 0 Å². The molecular weight excluding hydrogens is 392 g/mol. The summed E-state index contributed by atoms with van der Waals surface area (Å²) >= 11 is 0. The number of carbonyl (C=O) groups is 1. The maximum absolute atomic E-state index is 12.7. The molecule has 2 aromatic rings. The molecule has 10 heteroatoms. The van der Waals surface area contributed by atoms with Crippen LogP contribution in [0.5, 0.6) is 0 Å². The molecule has 0 unspecified atom stereocenters. The molecule has 2 amide bonds. The van der Waals surface area contributed by atoms with Gasteiger partial charge >= 0.3 is 6.03 Å². The van der Waals surface area contributed by atoms with Crippen molar-refractivity contribution in [1.82, 2.24) is 19.2 Å². The number of para-hydroxylation sites is 1. The predicted molar refractivity (Wildman–Crippen MR) is 109 cm³/mol. The third-order valence-electron chi connectivity index (χ3n) is 5.22. The normalized spacial score (nSPS) is 19.0. The highest BCUT2D eigenvalue weighted by Crippen LogP contribution is 2.29. The number of hydrogen-bond donors (Lipinski definition) is 1. The summed E-state index contributed by atoms with van der Waals surface area (Å²) in [5.41, 5.74) is 0.342. The monoisotopic (exact) mass is 416 g/mol. The molecule has 0 bridgehead atoms. The lowest BCUT2D eigenvalue weighted by molar-refractivity contribution is 0.230. The number of fused-ring (bicyclic) bond motifs is 1. The van der Waals surface area contributed by atoms with Gasteiger partial charge in [-0.15, -0.1) is 0 Å². The number of urea groups is 1. The quantitative estimate of drug-likeness (QED) is 0.715. The predicted octanol–water partition coefficient (Wildman–Crippen LogP) is 1.62. The van der Waals surface area contributed by atoms with Crippen molar-refractivity contribution in [2.75, 3.05) is 49.5 Å². The number of unbranched alkanes of at least 4 members (excludes halogenated alkanes) is 1. The first-order valence-corrected chi connectivity index (χ1v) is 11.2. The first-order valence-electron chi connectivity index (χ1n) is 9.73. The molecule has 2 aliphatic rings. The van der Waals surface area contributed by atoms with Crippen molar-refractivity contribution in [2.45, 2.75) is 17.7 Å². The van der Waals surface area contributed by atoms with Crippen LogP contribution >= 0.6 is 0 Å². The summed E-state index contributed by atoms with van der Waals surface area (Å²) in [6, 6.07) is 7.71. The van der Waals surface area contributed by atoms with Gasteiger partial charge in [-0.3, -0.25) is 4.90 Å². The summed E-state index contributed by atoms with van der Waals surface area (Å²) in [5, 5.41) is 2.66. The van der Waals surface area contributed by atoms with Gasteiger partial charge in [-0.2, -0.15) is 0 Å². The van der Waals surface area contributed by atoms with Gasteiger partial charge in [0.2, 0.25) is 5.95 Å². The molecule has 3 heterocycles. The van der Waals surface area contributed by atoms with Crippen molar-refractivity contribution in [3.8, 4) is 0 Å². The minimum atomic E-state index is -3.79. The van der Waals surface area contributed by atoms with Crippen LogP contribution in [0.4, 0.5) is 16.4 Å². The van der Waals surface area contributed by atoms with Crippen LogP contribution in [0.1, 0.15) is 12.8 Å². The lowest BCUT2D eigenvalue weighted by Crippen LogP contribution is -2.47. The van der Waals surface area contributed by atoms with Gasteiger partial charge < -0.3 is 10.2 Å². The van der Waals surface area contributed by atoms with Crippen LogP contribution in [0.3, 0.4) is 0 Å². The fraction of sp³-hybridized carbons (Fsp3) is 0.421. The van der Waals surface area contributed by atoms with Crippen molar-refractivity contribution in [3.05, 3.63) is 42.7 Å². The van der Waals surface area contributed by atoms with Crippen LogP contribution < -0.4 is 10.2 Å². The first-order chi connectivity index (χ1) is 14.1. The molecule has 1 aromatic carbocycles. The largest absolute Gasteiger partial charge is 0.338 e. The second-order valence-corrected chi connectivity index (χ2v) is 8.92. The van der Waals surface area contributed by atoms with E-state index in [1.165, 1.54) is 6.07 Å². The molecule has 1 N–H and O–H groups in total. The second kappa shape index (κ2) is 8.34. The summed E-state index contributed by atoms with van der Waals surface area (Å²) in [5.74, 6) is 0.758. The number of piperazine rings is 1. The van der Waals surface area contributed by atoms with Crippen molar-refractivity contribution >= 4 is 27.7 Å². The number of aromatic nitrogens is 2. The Hall–Kier alpha value is -2.72. The number of hydrogen-bond acceptors (Lipinski definition) is 7. The molecule has 9 nitrogen and oxygen atoms in total. The summed E-state index contributed by atoms with van der Waals surface area (Å²) < 4.78 is 26.4. The second-order valence-electron chi connectivity index (χ2n) is 7.09. The van der Waals surface area contributed by atoms with Gasteiger partial charge in [0.15, 0.2) is 0 Å². The molecule has 1 fully saturated rings. The van der Waals surface area contributed by atoms with Gasteiger partial charge in [-0.05, 0) is 37.6 Å². The maximum Gasteiger partial charge on any atom is 0.335 e. The van der Waals surface area contributed by atoms with E-state index in [2.05, 4.69) is 25.1 Å². The zero-order chi connectivity index (χ0) is 20.3. The summed E-state index contributed by atoms with van der Waals surface area (Å²) in [4.78, 5) is 25.5. The number of nitrogens with zero attached hydrogens (tertiary/aromatic N) is 5. The number of nitrogens with one attached hydrogen (secondary N) is 1. The maximum atomic E-state index is 12.7. The van der Waals surface area contributed by atoms with Crippen LogP contribution in [-0.2, 0) is 10.0 Å². The van der Waals surface area contributed by atoms with E-state index in [0.717, 1.165) is 49.4 Å². The third-order valence-corrected chi connectivity index (χ3v) is 7.06. The molecular formula is C19H24N6O3S. The SMILES string of the molecule is O=C1Nc2ccccc2S(=O)(=O)N1CCCCN1CCN(c2ncccn2)CC1. The highest BCUT2D eigenvalue weighted by atomic mass is 32.2. The van der Waals surface area contributed by atoms with E-state index in [1.807, 2.05) is 0 Å². The Labute approximate surface area is 170 Å². The topological polar surface area (TPSA) is 98.7 Å². The fourth-order valence-electron chi connectivity index (χ4n) is 3.64. The number of sulfonamides is 1. The molecule has 154 valence electrons. The Bertz CT molecular complexity index is 961. The Morgan fingerprint density at radius 2 is 1.62 bits per heavy atom. The molecule has 0 saturated carbocycles. The number of carbonyl (C=O) groups excluding carboxylic acids is 1. The average Bonchev–Trinajstić information content (AvgIpc) is 2.74. The van der Waals surface area contributed by atoms with E-state index in [-0.39, 0.29) is 11.4 Å². The lowest BCUT2D eigenvalue weighted by atomic mass is 10.2. The summed E-state index contributed by atoms with van der Waals surface area (Å²) in [6.45, 7) is 4.60. The summed E-state index contributed by atoms with van der Waals surface area (Å²) in [6.07, 6.45) is 4.94. The molecule has 4 rings (SSSR count). The van der Waals surface area contributed by atoms with Crippen molar-refractivity contribution < 1.29 is 13.2 Å². The molecule has 0 atom stereocenters. The van der Waals surface area contributed by atoms with E-state index < -0.39 is 16.1 Å². The molecule has 1 aromatic heterocycles. The zero-order valence-electron chi connectivity index (χ0n) is 16.1. The molecule has 2 aliphatic heterocycles. The van der Waals surface area contributed by atoms with Gasteiger partial charge in [0.25, 0.3) is 10.0 Å². The fourth-order valence-corrected chi connectivity index (χ4v) is 5.16. The third kappa shape index (κ3) is 4.18. The number of benzene rings is 1. The van der Waals surface area contributed by atoms with Gasteiger partial charge in [0, 0.05) is 45.1 Å². The van der Waals surface area contributed by atoms with E-state index in [0.29, 0.717) is 12.1 Å². The van der Waals surface area contributed by atoms with E-state index in [1.54, 1.807) is 36.7 Å². The van der Waals surface area contributed by atoms with Gasteiger partial charge in [-0.25, -0.2) is 27.5 Å². The molecule has 29 heavy (non-hydrogen) atoms. The molecule has 0 aliphatic carbocycles. The van der Waals surface area contributed by atoms with Gasteiger partial charge in [-0.1, -0.05) is 12.1 Å². The van der Waals surface area contributed by atoms with Crippen LogP contribution in [0.2, 0.25) is 0 Å². The number of rotatable bonds is 6. The van der Waals surface area contributed by atoms with Crippen LogP contribution in [0.15, 0.2) is 47.6 Å². The molecule has 1 saturated heterocycles. The first kappa shape index (κ1) is 19.6. The van der Waals surface area contributed by atoms with E-state index in [9.17, 15) is 13.2 Å². The zero-order valence-corrected chi connectivity index (χ0v) is 16.9. The van der Waals surface area contributed by atoms with Crippen molar-refractivity contribution in [1.29, 1.82) is 0 Å². The highest BCUT2D eigenvalue weighted by molar-refractivity contribution is 7.90. The number of anilines is 2. The molecule has 0 radical (unpaired) electrons. The summed E-state index contributed by atoms with van der Waals surface area (Å²) in [7, 11) is -3.79. The van der Waals surface area contributed by atoms with Crippen LogP contribution in [0.25, 0.3) is 0 Å². The molecule has 0 spiro atoms. The van der Waals surface area contributed by atoms with Gasteiger partial charge in [0.05, 0.1) is 5.69 Å². The minimum absolute atomic E-state index is 0.152. The Morgan fingerprint density at radius 3 is 2.38 bits per heavy atom. The Morgan fingerprint density at radius 1 is 0.931 bits per heavy atom. The highest BCUT2D eigenvalue weighted by Gasteiger charge is 2.35. The van der Waals surface area contributed by atoms with Crippen LogP contribution in [0, 0.1) is 0 Å². The van der Waals surface area contributed by atoms with E-state index in [4.69, 9.17) is 0 Å². The van der Waals surface area contributed by atoms with Crippen molar-refractivity contribution in [2.24, 2.45) is 0 Å². The minimum Gasteiger partial charge on any atom is -0.338 e. The average molecular weight is 417 g/mol. The standard InChI is InChI=1S/C19H24N6O3S/c26-19-22-16-6-1-2-7-17(16)29(27,28)25(19)11-4-3-10-23-12-14-24(15-13-23)18-20-8-5-9-21-18/h1-2,5-9H,3-4,10-15H2,(H,22,26). The Kier molecular flexibility index (Phi) is 5.63. The van der Waals surface area contributed by atoms with Gasteiger partial charge in [0.1, 0.15) is 4.90 Å².